The molecule has 0 aliphatic heterocycles. The summed E-state index contributed by atoms with van der Waals surface area (Å²) in [5.74, 6) is 0. The fourth-order valence-corrected chi connectivity index (χ4v) is 2.14. The number of anilines is 1. The van der Waals surface area contributed by atoms with Gasteiger partial charge < -0.3 is 4.74 Å². The maximum absolute atomic E-state index is 11.5. The van der Waals surface area contributed by atoms with Crippen molar-refractivity contribution in [2.75, 3.05) is 11.9 Å². The van der Waals surface area contributed by atoms with Crippen molar-refractivity contribution in [1.82, 2.24) is 4.98 Å². The number of amides is 1. The first-order chi connectivity index (χ1) is 8.24. The van der Waals surface area contributed by atoms with Crippen LogP contribution in [0.15, 0.2) is 29.2 Å². The molecule has 17 heavy (non-hydrogen) atoms. The number of hydrogen-bond acceptors (Lipinski definition) is 4. The van der Waals surface area contributed by atoms with Crippen molar-refractivity contribution in [2.45, 2.75) is 19.8 Å². The summed E-state index contributed by atoms with van der Waals surface area (Å²) in [6.07, 6.45) is 7.61. The van der Waals surface area contributed by atoms with E-state index in [1.54, 1.807) is 0 Å². The summed E-state index contributed by atoms with van der Waals surface area (Å²) in [4.78, 5) is 15.6. The second-order valence-electron chi connectivity index (χ2n) is 3.79. The van der Waals surface area contributed by atoms with E-state index in [2.05, 4.69) is 16.4 Å². The van der Waals surface area contributed by atoms with E-state index in [0.29, 0.717) is 11.7 Å². The van der Waals surface area contributed by atoms with Crippen LogP contribution in [0.5, 0.6) is 0 Å². The Kier molecular flexibility index (Phi) is 3.93. The molecule has 0 atom stereocenters. The number of aromatic nitrogens is 1. The normalized spacial score (nSPS) is 14.3. The Balaban J connectivity index is 1.78. The Labute approximate surface area is 104 Å². The van der Waals surface area contributed by atoms with Gasteiger partial charge in [-0.1, -0.05) is 18.2 Å². The van der Waals surface area contributed by atoms with Gasteiger partial charge in [0.05, 0.1) is 5.69 Å². The Bertz CT molecular complexity index is 463. The Morgan fingerprint density at radius 3 is 3.18 bits per heavy atom. The third kappa shape index (κ3) is 3.71. The molecule has 5 heteroatoms. The van der Waals surface area contributed by atoms with Gasteiger partial charge in [-0.25, -0.2) is 9.78 Å². The Morgan fingerprint density at radius 1 is 1.65 bits per heavy atom. The van der Waals surface area contributed by atoms with Gasteiger partial charge in [0.1, 0.15) is 6.61 Å². The molecule has 1 aromatic heterocycles. The van der Waals surface area contributed by atoms with Gasteiger partial charge in [0.15, 0.2) is 5.13 Å². The summed E-state index contributed by atoms with van der Waals surface area (Å²) in [6, 6.07) is 0. The second-order valence-corrected chi connectivity index (χ2v) is 4.65. The van der Waals surface area contributed by atoms with E-state index in [4.69, 9.17) is 4.74 Å². The minimum atomic E-state index is -0.449. The summed E-state index contributed by atoms with van der Waals surface area (Å²) >= 11 is 1.39. The number of rotatable bonds is 3. The third-order valence-corrected chi connectivity index (χ3v) is 3.19. The molecule has 1 N–H and O–H groups in total. The van der Waals surface area contributed by atoms with Gasteiger partial charge in [0.2, 0.25) is 0 Å². The molecule has 1 heterocycles. The molecule has 0 radical (unpaired) electrons. The van der Waals surface area contributed by atoms with Gasteiger partial charge in [0, 0.05) is 5.38 Å². The molecule has 0 spiro atoms. The van der Waals surface area contributed by atoms with Crippen molar-refractivity contribution in [3.8, 4) is 0 Å². The first-order valence-electron chi connectivity index (χ1n) is 5.44. The first-order valence-corrected chi connectivity index (χ1v) is 6.32. The van der Waals surface area contributed by atoms with Crippen molar-refractivity contribution < 1.29 is 9.53 Å². The molecule has 0 bridgehead atoms. The smallest absolute Gasteiger partial charge is 0.413 e. The number of aryl methyl sites for hydroxylation is 1. The number of nitrogens with zero attached hydrogens (tertiary/aromatic N) is 1. The van der Waals surface area contributed by atoms with Crippen LogP contribution in [0.4, 0.5) is 9.93 Å². The second kappa shape index (κ2) is 5.63. The van der Waals surface area contributed by atoms with E-state index in [1.807, 2.05) is 24.5 Å². The van der Waals surface area contributed by atoms with Gasteiger partial charge in [-0.2, -0.15) is 0 Å². The van der Waals surface area contributed by atoms with E-state index >= 15 is 0 Å². The Hall–Kier alpha value is -1.62. The predicted octanol–water partition coefficient (Wildman–Crippen LogP) is 3.28. The molecule has 1 aromatic rings. The van der Waals surface area contributed by atoms with Crippen LogP contribution >= 0.6 is 11.3 Å². The van der Waals surface area contributed by atoms with E-state index in [9.17, 15) is 4.79 Å². The summed E-state index contributed by atoms with van der Waals surface area (Å²) in [5, 5.41) is 5.06. The molecule has 0 aromatic carbocycles. The maximum atomic E-state index is 11.5. The minimum Gasteiger partial charge on any atom is -0.445 e. The number of allylic oxidation sites excluding steroid dienone is 3. The van der Waals surface area contributed by atoms with Gasteiger partial charge in [0.25, 0.3) is 0 Å². The van der Waals surface area contributed by atoms with Gasteiger partial charge in [-0.3, -0.25) is 5.32 Å². The molecule has 1 amide bonds. The molecule has 0 unspecified atom stereocenters. The highest BCUT2D eigenvalue weighted by atomic mass is 32.1. The molecule has 90 valence electrons. The van der Waals surface area contributed by atoms with Gasteiger partial charge >= 0.3 is 6.09 Å². The standard InChI is InChI=1S/C12H14N2O2S/c1-9-8-17-11(13-9)14-12(15)16-7-10-5-3-2-4-6-10/h2-3,5,8H,4,6-7H2,1H3,(H,13,14,15). The SMILES string of the molecule is Cc1csc(NC(=O)OCC2=CC=CCC2)n1. The number of nitrogens with one attached hydrogen (secondary N) is 1. The predicted molar refractivity (Wildman–Crippen MR) is 68.3 cm³/mol. The molecule has 0 saturated heterocycles. The summed E-state index contributed by atoms with van der Waals surface area (Å²) < 4.78 is 5.11. The van der Waals surface area contributed by atoms with Crippen LogP contribution in [-0.2, 0) is 4.74 Å². The largest absolute Gasteiger partial charge is 0.445 e. The highest BCUT2D eigenvalue weighted by molar-refractivity contribution is 7.13. The zero-order valence-corrected chi connectivity index (χ0v) is 10.4. The average molecular weight is 250 g/mol. The van der Waals surface area contributed by atoms with Gasteiger partial charge in [-0.05, 0) is 25.3 Å². The number of ether oxygens (including phenoxy) is 1. The van der Waals surface area contributed by atoms with Crippen molar-refractivity contribution in [2.24, 2.45) is 0 Å². The van der Waals surface area contributed by atoms with Crippen LogP contribution in [-0.4, -0.2) is 17.7 Å². The van der Waals surface area contributed by atoms with Crippen molar-refractivity contribution >= 4 is 22.6 Å². The topological polar surface area (TPSA) is 51.2 Å². The molecule has 1 aliphatic carbocycles. The lowest BCUT2D eigenvalue weighted by atomic mass is 10.1. The zero-order chi connectivity index (χ0) is 12.1. The summed E-state index contributed by atoms with van der Waals surface area (Å²) in [6.45, 7) is 2.23. The maximum Gasteiger partial charge on any atom is 0.413 e. The van der Waals surface area contributed by atoms with E-state index < -0.39 is 6.09 Å². The van der Waals surface area contributed by atoms with E-state index in [-0.39, 0.29) is 0 Å². The number of carbonyl (C=O) groups excluding carboxylic acids is 1. The molecule has 0 fully saturated rings. The molecule has 1 aliphatic rings. The van der Waals surface area contributed by atoms with Crippen molar-refractivity contribution in [1.29, 1.82) is 0 Å². The summed E-state index contributed by atoms with van der Waals surface area (Å²) in [5.41, 5.74) is 2.03. The minimum absolute atomic E-state index is 0.348. The molecular formula is C12H14N2O2S. The zero-order valence-electron chi connectivity index (χ0n) is 9.60. The van der Waals surface area contributed by atoms with Crippen LogP contribution in [0.2, 0.25) is 0 Å². The van der Waals surface area contributed by atoms with Gasteiger partial charge in [-0.15, -0.1) is 11.3 Å². The molecule has 0 saturated carbocycles. The van der Waals surface area contributed by atoms with Crippen LogP contribution < -0.4 is 5.32 Å². The molecular weight excluding hydrogens is 236 g/mol. The van der Waals surface area contributed by atoms with Crippen LogP contribution in [0, 0.1) is 6.92 Å². The summed E-state index contributed by atoms with van der Waals surface area (Å²) in [7, 11) is 0. The molecule has 4 nitrogen and oxygen atoms in total. The lowest BCUT2D eigenvalue weighted by Gasteiger charge is -2.09. The average Bonchev–Trinajstić information content (AvgIpc) is 2.73. The lowest BCUT2D eigenvalue weighted by molar-refractivity contribution is 0.170. The van der Waals surface area contributed by atoms with E-state index in [1.165, 1.54) is 11.3 Å². The highest BCUT2D eigenvalue weighted by Crippen LogP contribution is 2.15. The first kappa shape index (κ1) is 11.9. The highest BCUT2D eigenvalue weighted by Gasteiger charge is 2.07. The van der Waals surface area contributed by atoms with E-state index in [0.717, 1.165) is 24.1 Å². The number of carbonyl (C=O) groups is 1. The Morgan fingerprint density at radius 2 is 2.53 bits per heavy atom. The van der Waals surface area contributed by atoms with Crippen LogP contribution in [0.25, 0.3) is 0 Å². The van der Waals surface area contributed by atoms with Crippen LogP contribution in [0.1, 0.15) is 18.5 Å². The number of thiazole rings is 1. The number of hydrogen-bond donors (Lipinski definition) is 1. The fraction of sp³-hybridized carbons (Fsp3) is 0.333. The van der Waals surface area contributed by atoms with Crippen LogP contribution in [0.3, 0.4) is 0 Å². The van der Waals surface area contributed by atoms with Crippen molar-refractivity contribution in [3.05, 3.63) is 34.9 Å². The fourth-order valence-electron chi connectivity index (χ4n) is 1.47. The monoisotopic (exact) mass is 250 g/mol. The quantitative estimate of drug-likeness (QED) is 0.895. The third-order valence-electron chi connectivity index (χ3n) is 2.32. The lowest BCUT2D eigenvalue weighted by Crippen LogP contribution is -2.15. The molecule has 2 rings (SSSR count). The van der Waals surface area contributed by atoms with Crippen molar-refractivity contribution in [3.63, 3.8) is 0 Å².